The third kappa shape index (κ3) is 16.0. The number of benzene rings is 4. The van der Waals surface area contributed by atoms with Crippen LogP contribution in [0, 0.1) is 34.5 Å². The van der Waals surface area contributed by atoms with Gasteiger partial charge in [0, 0.05) is 59.0 Å². The highest BCUT2D eigenvalue weighted by molar-refractivity contribution is 7.85. The minimum absolute atomic E-state index is 0.0508. The number of hydrogen-bond donors (Lipinski definition) is 7. The summed E-state index contributed by atoms with van der Waals surface area (Å²) < 4.78 is 85.5. The first-order valence-corrected chi connectivity index (χ1v) is 40.0. The zero-order valence-electron chi connectivity index (χ0n) is 60.3. The standard InChI is InChI=1S/C38H47NO6S.C37H45NO6S.C6H13NO5/c1-5-6-7-10-34-37(2,3)32-24-26(12-17-33(32)39(34)21-8-9-22-46(42,43)44)36(41)45-27-13-15-28-25(23-27)11-14-30-29(28)19-20-38(4)31(30)16-18-35(38)40;1-5-6-9-33-36(2,3)31-23-25(11-16-32(31)38(33)20-7-8-21-45(41,42)43)35(40)44-26-12-14-27-24(22-26)10-13-29-28(27)18-19-37(4)30(29)15-17-34(37)39;7-3-5(10)4(9)2(1-8)12-6(3)11/h5-7,10,12-13,15,17,23-24,29-31,35,40H,1,8-9,11,14,16,18-22H2,2-4H3,(H,42,43,44);5-6,9,11-12,14,16,22-23,28-30,34,39H,1,7-8,10,13,15,17-21H2,2-4H3;2-6,8-11H,1,7H2/b7-6+,34-10-;9-6+;/t29?,30?,31?,35-,38-;28?,29?,30?,34-,37-;2?,3?,4-,5+,6?/m001/s1. The molecule has 22 heteroatoms. The molecule has 0 bridgehead atoms. The van der Waals surface area contributed by atoms with Gasteiger partial charge in [0.25, 0.3) is 0 Å². The van der Waals surface area contributed by atoms with Gasteiger partial charge in [0.05, 0.1) is 55.6 Å². The van der Waals surface area contributed by atoms with Crippen LogP contribution in [0.3, 0.4) is 0 Å². The van der Waals surface area contributed by atoms with E-state index in [9.17, 15) is 56.0 Å². The fourth-order valence-corrected chi connectivity index (χ4v) is 20.4. The third-order valence-electron chi connectivity index (χ3n) is 24.9. The second kappa shape index (κ2) is 31.1. The number of rotatable bonds is 19. The van der Waals surface area contributed by atoms with Crippen LogP contribution in [0.25, 0.3) is 0 Å². The highest BCUT2D eigenvalue weighted by Crippen LogP contribution is 2.63. The summed E-state index contributed by atoms with van der Waals surface area (Å²) in [6.45, 7) is 21.2. The summed E-state index contributed by atoms with van der Waals surface area (Å²) in [5, 5.41) is 57.7. The Morgan fingerprint density at radius 3 is 1.69 bits per heavy atom. The van der Waals surface area contributed by atoms with E-state index < -0.39 is 80.3 Å². The predicted molar refractivity (Wildman–Crippen MR) is 391 cm³/mol. The number of aliphatic hydroxyl groups is 6. The van der Waals surface area contributed by atoms with Crippen molar-refractivity contribution in [1.29, 1.82) is 0 Å². The molecule has 3 heterocycles. The lowest BCUT2D eigenvalue weighted by Gasteiger charge is -2.50. The van der Waals surface area contributed by atoms with E-state index >= 15 is 0 Å². The molecule has 4 saturated carbocycles. The molecule has 20 nitrogen and oxygen atoms in total. The lowest BCUT2D eigenvalue weighted by molar-refractivity contribution is -0.497. The van der Waals surface area contributed by atoms with Crippen molar-refractivity contribution < 1.29 is 90.7 Å². The molecule has 3 aliphatic heterocycles. The molecule has 4 aromatic rings. The van der Waals surface area contributed by atoms with E-state index in [0.29, 0.717) is 84.1 Å². The van der Waals surface area contributed by atoms with Gasteiger partial charge in [0.2, 0.25) is 12.0 Å². The molecule has 9 aliphatic rings. The van der Waals surface area contributed by atoms with Crippen LogP contribution in [0.1, 0.15) is 197 Å². The lowest BCUT2D eigenvalue weighted by atomic mass is 9.55. The number of allylic oxidation sites excluding steroid dienone is 8. The number of aryl methyl sites for hydroxylation is 2. The van der Waals surface area contributed by atoms with Crippen LogP contribution in [0.15, 0.2) is 134 Å². The van der Waals surface area contributed by atoms with Gasteiger partial charge in [0.1, 0.15) is 36.4 Å². The average molecular weight is 1460 g/mol. The van der Waals surface area contributed by atoms with Crippen LogP contribution in [-0.4, -0.2) is 153 Å². The Kier molecular flexibility index (Phi) is 23.4. The number of esters is 2. The molecular weight excluding hydrogens is 1350 g/mol. The molecular formula is C81H105N3O17S2. The zero-order valence-corrected chi connectivity index (χ0v) is 62.0. The molecule has 4 aromatic carbocycles. The van der Waals surface area contributed by atoms with Crippen LogP contribution in [0.2, 0.25) is 0 Å². The first kappa shape index (κ1) is 77.6. The summed E-state index contributed by atoms with van der Waals surface area (Å²) in [6, 6.07) is 22.7. The first-order chi connectivity index (χ1) is 48.7. The maximum absolute atomic E-state index is 13.5. The number of unbranched alkanes of at least 4 members (excludes halogenated alkanes) is 2. The van der Waals surface area contributed by atoms with Gasteiger partial charge in [-0.1, -0.05) is 83.4 Å². The van der Waals surface area contributed by atoms with Crippen LogP contribution in [0.5, 0.6) is 11.5 Å². The number of aliphatic hydroxyl groups excluding tert-OH is 6. The molecule has 0 amide bonds. The Balaban J connectivity index is 0.000000178. The molecule has 0 spiro atoms. The molecule has 9 N–H and O–H groups in total. The van der Waals surface area contributed by atoms with Crippen molar-refractivity contribution in [3.05, 3.63) is 179 Å². The Morgan fingerprint density at radius 2 is 1.17 bits per heavy atom. The van der Waals surface area contributed by atoms with E-state index in [-0.39, 0.29) is 47.4 Å². The van der Waals surface area contributed by atoms with Gasteiger partial charge in [-0.2, -0.15) is 4.58 Å². The SMILES string of the molecule is C=C/C=C/C1=[N+](CCCCS(=O)(=O)[O-])c2ccc(C(=O)Oc3ccc4c(c3)CCC3C4CC[C@@]4(C)C3CC[C@@H]4O)cc2C1(C)C.C=C/C=C/C=C1\N(CCCCS(=O)(=O)[O-])c2ccc(C(=O)Oc3ccc4c(c3)CCC3C4CC[C@@]4(C)C3CC[C@@H]4O)cc2C1(C)C.[NH3+]C1C(O)OC(CO)[C@@H](O)[C@H]1O. The van der Waals surface area contributed by atoms with Gasteiger partial charge in [-0.15, -0.1) is 0 Å². The fourth-order valence-electron chi connectivity index (χ4n) is 19.2. The second-order valence-electron chi connectivity index (χ2n) is 31.6. The predicted octanol–water partition coefficient (Wildman–Crippen LogP) is 9.77. The van der Waals surface area contributed by atoms with Gasteiger partial charge < -0.3 is 64.6 Å². The number of ether oxygens (including phenoxy) is 3. The van der Waals surface area contributed by atoms with Crippen LogP contribution in [0.4, 0.5) is 11.4 Å². The van der Waals surface area contributed by atoms with Gasteiger partial charge in [-0.25, -0.2) is 26.4 Å². The molecule has 9 unspecified atom stereocenters. The minimum Gasteiger partial charge on any atom is -0.748 e. The molecule has 15 atom stereocenters. The highest BCUT2D eigenvalue weighted by Gasteiger charge is 2.56. The van der Waals surface area contributed by atoms with Crippen molar-refractivity contribution in [1.82, 2.24) is 0 Å². The molecule has 558 valence electrons. The summed E-state index contributed by atoms with van der Waals surface area (Å²) in [5.41, 5.74) is 14.8. The number of carbonyl (C=O) groups excluding carboxylic acids is 2. The second-order valence-corrected chi connectivity index (χ2v) is 34.7. The molecule has 1 saturated heterocycles. The van der Waals surface area contributed by atoms with Crippen LogP contribution in [-0.2, 0) is 48.6 Å². The lowest BCUT2D eigenvalue weighted by Crippen LogP contribution is -2.77. The number of hydrogen-bond acceptors (Lipinski definition) is 18. The molecule has 0 radical (unpaired) electrons. The van der Waals surface area contributed by atoms with Crippen molar-refractivity contribution >= 4 is 49.3 Å². The Labute approximate surface area is 607 Å². The largest absolute Gasteiger partial charge is 0.748 e. The average Bonchev–Trinajstić information content (AvgIpc) is 1.74. The van der Waals surface area contributed by atoms with E-state index in [0.717, 1.165) is 111 Å². The molecule has 0 aromatic heterocycles. The smallest absolute Gasteiger partial charge is 0.343 e. The number of quaternary nitrogens is 1. The van der Waals surface area contributed by atoms with Crippen molar-refractivity contribution in [2.45, 2.75) is 210 Å². The highest BCUT2D eigenvalue weighted by atomic mass is 32.2. The molecule has 5 fully saturated rings. The number of anilines is 1. The molecule has 6 aliphatic carbocycles. The topological polar surface area (TPSA) is 332 Å². The maximum atomic E-state index is 13.5. The van der Waals surface area contributed by atoms with Gasteiger partial charge >= 0.3 is 11.9 Å². The Hall–Kier alpha value is -6.51. The zero-order chi connectivity index (χ0) is 74.3. The van der Waals surface area contributed by atoms with Crippen molar-refractivity contribution in [2.24, 2.45) is 34.5 Å². The van der Waals surface area contributed by atoms with Crippen molar-refractivity contribution in [3.63, 3.8) is 0 Å². The van der Waals surface area contributed by atoms with Crippen LogP contribution >= 0.6 is 0 Å². The Morgan fingerprint density at radius 1 is 0.641 bits per heavy atom. The fraction of sp³-hybridized carbons (Fsp3) is 0.543. The van der Waals surface area contributed by atoms with Crippen molar-refractivity contribution in [2.75, 3.05) is 36.1 Å². The summed E-state index contributed by atoms with van der Waals surface area (Å²) in [5.74, 6) is 2.94. The quantitative estimate of drug-likeness (QED) is 0.0115. The van der Waals surface area contributed by atoms with Crippen molar-refractivity contribution in [3.8, 4) is 11.5 Å². The van der Waals surface area contributed by atoms with E-state index in [1.54, 1.807) is 24.3 Å². The minimum atomic E-state index is -4.26. The number of carbonyl (C=O) groups is 2. The summed E-state index contributed by atoms with van der Waals surface area (Å²) in [6.07, 6.45) is 22.4. The van der Waals surface area contributed by atoms with E-state index in [1.165, 1.54) is 22.3 Å². The van der Waals surface area contributed by atoms with E-state index in [4.69, 9.17) is 24.4 Å². The maximum Gasteiger partial charge on any atom is 0.343 e. The van der Waals surface area contributed by atoms with Crippen LogP contribution < -0.4 is 20.1 Å². The number of fused-ring (bicyclic) bond motifs is 12. The van der Waals surface area contributed by atoms with Gasteiger partial charge in [-0.3, -0.25) is 0 Å². The normalized spacial score (nSPS) is 31.0. The van der Waals surface area contributed by atoms with E-state index in [2.05, 4.69) is 88.1 Å². The summed E-state index contributed by atoms with van der Waals surface area (Å²) in [4.78, 5) is 29.1. The van der Waals surface area contributed by atoms with Gasteiger partial charge in [0.15, 0.2) is 11.8 Å². The monoisotopic (exact) mass is 1460 g/mol. The Bertz CT molecular complexity index is 4210. The number of nitrogens with zero attached hydrogens (tertiary/aromatic N) is 2. The molecule has 13 rings (SSSR count). The first-order valence-electron chi connectivity index (χ1n) is 36.8. The summed E-state index contributed by atoms with van der Waals surface area (Å²) in [7, 11) is -8.51. The molecule has 103 heavy (non-hydrogen) atoms. The van der Waals surface area contributed by atoms with E-state index in [1.807, 2.05) is 72.8 Å². The third-order valence-corrected chi connectivity index (χ3v) is 26.5. The van der Waals surface area contributed by atoms with Gasteiger partial charge in [-0.05, 0) is 245 Å². The summed E-state index contributed by atoms with van der Waals surface area (Å²) >= 11 is 0.